The maximum absolute atomic E-state index is 12.5. The average molecular weight is 338 g/mol. The molecular formula is C15H20BrN3O. The molecule has 5 heteroatoms. The highest BCUT2D eigenvalue weighted by Gasteiger charge is 2.20. The standard InChI is InChI=1S/C15H20BrN3O/c1-5-18-14(9(2)3)13(17)15(20)19(18)12-7-6-11(16)8-10(12)4/h6-9H,5,17H2,1-4H3. The summed E-state index contributed by atoms with van der Waals surface area (Å²) < 4.78 is 4.66. The zero-order valence-electron chi connectivity index (χ0n) is 12.3. The van der Waals surface area contributed by atoms with Gasteiger partial charge in [0.05, 0.1) is 11.4 Å². The molecule has 0 aliphatic rings. The Hall–Kier alpha value is -1.49. The molecule has 4 nitrogen and oxygen atoms in total. The molecule has 0 aliphatic heterocycles. The fourth-order valence-electron chi connectivity index (χ4n) is 2.60. The van der Waals surface area contributed by atoms with Crippen LogP contribution in [0.4, 0.5) is 5.69 Å². The Morgan fingerprint density at radius 2 is 2.00 bits per heavy atom. The van der Waals surface area contributed by atoms with Crippen LogP contribution in [0.5, 0.6) is 0 Å². The Morgan fingerprint density at radius 3 is 2.50 bits per heavy atom. The maximum atomic E-state index is 12.5. The summed E-state index contributed by atoms with van der Waals surface area (Å²) in [6, 6.07) is 5.88. The Kier molecular flexibility index (Phi) is 4.09. The van der Waals surface area contributed by atoms with Gasteiger partial charge in [-0.2, -0.15) is 0 Å². The van der Waals surface area contributed by atoms with Crippen LogP contribution in [0.3, 0.4) is 0 Å². The zero-order valence-corrected chi connectivity index (χ0v) is 13.9. The van der Waals surface area contributed by atoms with Crippen LogP contribution in [0, 0.1) is 6.92 Å². The molecule has 1 aromatic heterocycles. The van der Waals surface area contributed by atoms with Gasteiger partial charge in [0.25, 0.3) is 5.56 Å². The summed E-state index contributed by atoms with van der Waals surface area (Å²) in [4.78, 5) is 12.5. The van der Waals surface area contributed by atoms with E-state index in [9.17, 15) is 4.79 Å². The Balaban J connectivity index is 2.81. The molecule has 108 valence electrons. The quantitative estimate of drug-likeness (QED) is 0.932. The topological polar surface area (TPSA) is 52.9 Å². The summed E-state index contributed by atoms with van der Waals surface area (Å²) in [5.41, 5.74) is 9.06. The molecular weight excluding hydrogens is 318 g/mol. The molecule has 20 heavy (non-hydrogen) atoms. The highest BCUT2D eigenvalue weighted by Crippen LogP contribution is 2.24. The lowest BCUT2D eigenvalue weighted by Gasteiger charge is -2.16. The maximum Gasteiger partial charge on any atom is 0.294 e. The number of nitrogens with two attached hydrogens (primary N) is 1. The van der Waals surface area contributed by atoms with Crippen LogP contribution in [-0.2, 0) is 6.54 Å². The minimum atomic E-state index is -0.138. The van der Waals surface area contributed by atoms with Gasteiger partial charge in [-0.3, -0.25) is 9.48 Å². The highest BCUT2D eigenvalue weighted by atomic mass is 79.9. The smallest absolute Gasteiger partial charge is 0.294 e. The molecule has 0 fully saturated rings. The van der Waals surface area contributed by atoms with Gasteiger partial charge in [-0.05, 0) is 43.5 Å². The molecule has 2 rings (SSSR count). The lowest BCUT2D eigenvalue weighted by atomic mass is 10.1. The molecule has 1 heterocycles. The Labute approximate surface area is 127 Å². The molecule has 0 saturated heterocycles. The third-order valence-corrected chi connectivity index (χ3v) is 3.94. The van der Waals surface area contributed by atoms with Gasteiger partial charge < -0.3 is 5.73 Å². The van der Waals surface area contributed by atoms with E-state index in [2.05, 4.69) is 29.8 Å². The summed E-state index contributed by atoms with van der Waals surface area (Å²) in [6.45, 7) is 8.82. The molecule has 0 unspecified atom stereocenters. The van der Waals surface area contributed by atoms with Crippen molar-refractivity contribution < 1.29 is 0 Å². The van der Waals surface area contributed by atoms with Gasteiger partial charge in [0.15, 0.2) is 0 Å². The number of hydrogen-bond acceptors (Lipinski definition) is 2. The van der Waals surface area contributed by atoms with Gasteiger partial charge in [0, 0.05) is 11.0 Å². The fourth-order valence-corrected chi connectivity index (χ4v) is 3.07. The van der Waals surface area contributed by atoms with E-state index in [1.165, 1.54) is 0 Å². The minimum Gasteiger partial charge on any atom is -0.393 e. The largest absolute Gasteiger partial charge is 0.393 e. The predicted octanol–water partition coefficient (Wildman–Crippen LogP) is 3.44. The molecule has 0 amide bonds. The van der Waals surface area contributed by atoms with Gasteiger partial charge in [0.1, 0.15) is 5.69 Å². The molecule has 2 aromatic rings. The van der Waals surface area contributed by atoms with Crippen molar-refractivity contribution in [3.63, 3.8) is 0 Å². The summed E-state index contributed by atoms with van der Waals surface area (Å²) in [7, 11) is 0. The number of nitrogens with zero attached hydrogens (tertiary/aromatic N) is 2. The Bertz CT molecular complexity index is 698. The monoisotopic (exact) mass is 337 g/mol. The summed E-state index contributed by atoms with van der Waals surface area (Å²) in [6.07, 6.45) is 0. The van der Waals surface area contributed by atoms with Crippen LogP contribution < -0.4 is 11.3 Å². The van der Waals surface area contributed by atoms with Crippen LogP contribution >= 0.6 is 15.9 Å². The van der Waals surface area contributed by atoms with Crippen molar-refractivity contribution in [2.45, 2.75) is 40.2 Å². The second kappa shape index (κ2) is 5.48. The third-order valence-electron chi connectivity index (χ3n) is 3.45. The van der Waals surface area contributed by atoms with Crippen LogP contribution in [-0.4, -0.2) is 9.36 Å². The lowest BCUT2D eigenvalue weighted by Crippen LogP contribution is -2.23. The zero-order chi connectivity index (χ0) is 15.0. The number of aryl methyl sites for hydroxylation is 1. The Morgan fingerprint density at radius 1 is 1.35 bits per heavy atom. The first-order valence-electron chi connectivity index (χ1n) is 6.76. The highest BCUT2D eigenvalue weighted by molar-refractivity contribution is 9.10. The number of benzene rings is 1. The van der Waals surface area contributed by atoms with Crippen molar-refractivity contribution in [3.8, 4) is 5.69 Å². The van der Waals surface area contributed by atoms with E-state index in [0.717, 1.165) is 21.4 Å². The van der Waals surface area contributed by atoms with Gasteiger partial charge in [-0.15, -0.1) is 0 Å². The number of anilines is 1. The molecule has 0 saturated carbocycles. The van der Waals surface area contributed by atoms with Crippen molar-refractivity contribution in [2.75, 3.05) is 5.73 Å². The lowest BCUT2D eigenvalue weighted by molar-refractivity contribution is 0.533. The van der Waals surface area contributed by atoms with E-state index in [-0.39, 0.29) is 11.5 Å². The molecule has 0 atom stereocenters. The van der Waals surface area contributed by atoms with E-state index in [0.29, 0.717) is 12.2 Å². The number of aromatic nitrogens is 2. The van der Waals surface area contributed by atoms with Crippen LogP contribution in [0.25, 0.3) is 5.69 Å². The van der Waals surface area contributed by atoms with Crippen LogP contribution in [0.2, 0.25) is 0 Å². The van der Waals surface area contributed by atoms with Crippen molar-refractivity contribution >= 4 is 21.6 Å². The van der Waals surface area contributed by atoms with Crippen molar-refractivity contribution in [1.29, 1.82) is 0 Å². The van der Waals surface area contributed by atoms with Gasteiger partial charge in [-0.1, -0.05) is 29.8 Å². The van der Waals surface area contributed by atoms with E-state index < -0.39 is 0 Å². The molecule has 0 spiro atoms. The molecule has 0 aliphatic carbocycles. The molecule has 2 N–H and O–H groups in total. The van der Waals surface area contributed by atoms with E-state index in [4.69, 9.17) is 5.73 Å². The van der Waals surface area contributed by atoms with Crippen LogP contribution in [0.1, 0.15) is 37.9 Å². The molecule has 0 bridgehead atoms. The first kappa shape index (κ1) is 14.9. The van der Waals surface area contributed by atoms with Crippen molar-refractivity contribution in [2.24, 2.45) is 0 Å². The van der Waals surface area contributed by atoms with E-state index >= 15 is 0 Å². The first-order chi connectivity index (χ1) is 9.38. The SMILES string of the molecule is CCn1c(C(C)C)c(N)c(=O)n1-c1ccc(Br)cc1C. The van der Waals surface area contributed by atoms with Gasteiger partial charge in [-0.25, -0.2) is 4.68 Å². The van der Waals surface area contributed by atoms with Gasteiger partial charge in [0.2, 0.25) is 0 Å². The first-order valence-corrected chi connectivity index (χ1v) is 7.55. The molecule has 1 aromatic carbocycles. The molecule has 0 radical (unpaired) electrons. The van der Waals surface area contributed by atoms with Gasteiger partial charge >= 0.3 is 0 Å². The summed E-state index contributed by atoms with van der Waals surface area (Å²) >= 11 is 3.45. The summed E-state index contributed by atoms with van der Waals surface area (Å²) in [5, 5.41) is 0. The second-order valence-electron chi connectivity index (χ2n) is 5.22. The number of rotatable bonds is 3. The number of nitrogen functional groups attached to an aromatic ring is 1. The number of hydrogen-bond donors (Lipinski definition) is 1. The van der Waals surface area contributed by atoms with E-state index in [1.54, 1.807) is 4.68 Å². The number of halogens is 1. The van der Waals surface area contributed by atoms with Crippen molar-refractivity contribution in [3.05, 3.63) is 44.3 Å². The average Bonchev–Trinajstić information content (AvgIpc) is 2.62. The van der Waals surface area contributed by atoms with E-state index in [1.807, 2.05) is 36.7 Å². The van der Waals surface area contributed by atoms with Crippen LogP contribution in [0.15, 0.2) is 27.5 Å². The summed E-state index contributed by atoms with van der Waals surface area (Å²) in [5.74, 6) is 0.208. The fraction of sp³-hybridized carbons (Fsp3) is 0.400. The third kappa shape index (κ3) is 2.30. The normalized spacial score (nSPS) is 11.3. The van der Waals surface area contributed by atoms with Crippen molar-refractivity contribution in [1.82, 2.24) is 9.36 Å². The second-order valence-corrected chi connectivity index (χ2v) is 6.13. The minimum absolute atomic E-state index is 0.138. The predicted molar refractivity (Wildman–Crippen MR) is 86.6 cm³/mol.